The van der Waals surface area contributed by atoms with Crippen LogP contribution in [0.25, 0.3) is 0 Å². The van der Waals surface area contributed by atoms with Crippen molar-refractivity contribution >= 4 is 23.3 Å². The Hall–Kier alpha value is -2.20. The molecule has 0 aliphatic heterocycles. The van der Waals surface area contributed by atoms with E-state index in [0.717, 1.165) is 5.56 Å². The summed E-state index contributed by atoms with van der Waals surface area (Å²) in [6.07, 6.45) is 0. The maximum atomic E-state index is 11.4. The summed E-state index contributed by atoms with van der Waals surface area (Å²) in [5.74, 6) is -0.902. The fraction of sp³-hybridized carbons (Fsp3) is 0.188. The van der Waals surface area contributed by atoms with Crippen molar-refractivity contribution in [3.63, 3.8) is 0 Å². The second kappa shape index (κ2) is 6.99. The van der Waals surface area contributed by atoms with Crippen molar-refractivity contribution in [3.05, 3.63) is 59.1 Å². The number of carboxylic acids is 1. The summed E-state index contributed by atoms with van der Waals surface area (Å²) in [4.78, 5) is 11.4. The molecule has 0 aliphatic carbocycles. The number of ether oxygens (including phenoxy) is 1. The molecule has 0 amide bonds. The van der Waals surface area contributed by atoms with Crippen LogP contribution in [-0.4, -0.2) is 24.7 Å². The van der Waals surface area contributed by atoms with Crippen LogP contribution in [0.2, 0.25) is 5.02 Å². The predicted molar refractivity (Wildman–Crippen MR) is 83.3 cm³/mol. The number of nitrogens with one attached hydrogen (secondary N) is 1. The zero-order valence-corrected chi connectivity index (χ0v) is 12.3. The van der Waals surface area contributed by atoms with Crippen molar-refractivity contribution in [3.8, 4) is 5.75 Å². The molecule has 0 saturated heterocycles. The molecule has 0 radical (unpaired) electrons. The number of anilines is 1. The molecule has 0 fully saturated rings. The van der Waals surface area contributed by atoms with Crippen LogP contribution < -0.4 is 10.1 Å². The molecule has 2 aromatic carbocycles. The molecule has 110 valence electrons. The Morgan fingerprint density at radius 2 is 2.00 bits per heavy atom. The third-order valence-corrected chi connectivity index (χ3v) is 3.39. The van der Waals surface area contributed by atoms with E-state index in [0.29, 0.717) is 16.5 Å². The van der Waals surface area contributed by atoms with Gasteiger partial charge in [0.05, 0.1) is 18.7 Å². The third kappa shape index (κ3) is 3.89. The van der Waals surface area contributed by atoms with E-state index < -0.39 is 11.9 Å². The molecule has 5 heteroatoms. The molecule has 2 N–H and O–H groups in total. The zero-order chi connectivity index (χ0) is 15.2. The van der Waals surface area contributed by atoms with Crippen LogP contribution in [0.15, 0.2) is 48.5 Å². The number of methoxy groups -OCH3 is 1. The lowest BCUT2D eigenvalue weighted by Gasteiger charge is -2.16. The van der Waals surface area contributed by atoms with Crippen molar-refractivity contribution in [2.24, 2.45) is 0 Å². The van der Waals surface area contributed by atoms with Crippen LogP contribution in [-0.2, 0) is 4.79 Å². The van der Waals surface area contributed by atoms with Crippen LogP contribution in [0.5, 0.6) is 5.75 Å². The highest BCUT2D eigenvalue weighted by Gasteiger charge is 2.19. The first-order chi connectivity index (χ1) is 10.1. The van der Waals surface area contributed by atoms with E-state index in [1.54, 1.807) is 37.4 Å². The quantitative estimate of drug-likeness (QED) is 0.855. The topological polar surface area (TPSA) is 58.6 Å². The van der Waals surface area contributed by atoms with Gasteiger partial charge in [-0.2, -0.15) is 0 Å². The molecule has 2 rings (SSSR count). The zero-order valence-electron chi connectivity index (χ0n) is 11.5. The Labute approximate surface area is 128 Å². The Morgan fingerprint density at radius 3 is 2.62 bits per heavy atom. The predicted octanol–water partition coefficient (Wildman–Crippen LogP) is 3.63. The molecule has 1 atom stereocenters. The summed E-state index contributed by atoms with van der Waals surface area (Å²) < 4.78 is 5.23. The highest BCUT2D eigenvalue weighted by Crippen LogP contribution is 2.28. The molecule has 1 unspecified atom stereocenters. The SMILES string of the molecule is COc1ccc(Cl)cc1NCC(C(=O)O)c1ccccc1. The van der Waals surface area contributed by atoms with Crippen molar-refractivity contribution < 1.29 is 14.6 Å². The number of halogens is 1. The lowest BCUT2D eigenvalue weighted by Crippen LogP contribution is -2.21. The maximum absolute atomic E-state index is 11.4. The van der Waals surface area contributed by atoms with Gasteiger partial charge in [0.25, 0.3) is 0 Å². The number of rotatable bonds is 6. The molecule has 2 aromatic rings. The van der Waals surface area contributed by atoms with Crippen molar-refractivity contribution in [2.75, 3.05) is 19.0 Å². The van der Waals surface area contributed by atoms with Crippen molar-refractivity contribution in [1.82, 2.24) is 0 Å². The van der Waals surface area contributed by atoms with E-state index >= 15 is 0 Å². The first kappa shape index (κ1) is 15.2. The molecule has 21 heavy (non-hydrogen) atoms. The molecular formula is C16H16ClNO3. The van der Waals surface area contributed by atoms with E-state index in [1.807, 2.05) is 18.2 Å². The number of carboxylic acid groups (broad SMARTS) is 1. The average molecular weight is 306 g/mol. The molecule has 0 spiro atoms. The minimum Gasteiger partial charge on any atom is -0.495 e. The Kier molecular flexibility index (Phi) is 5.06. The molecule has 0 saturated carbocycles. The van der Waals surface area contributed by atoms with Gasteiger partial charge in [0, 0.05) is 11.6 Å². The van der Waals surface area contributed by atoms with Crippen LogP contribution in [0.4, 0.5) is 5.69 Å². The number of hydrogen-bond acceptors (Lipinski definition) is 3. The molecule has 0 aromatic heterocycles. The minimum absolute atomic E-state index is 0.246. The van der Waals surface area contributed by atoms with Gasteiger partial charge in [0.1, 0.15) is 5.75 Å². The smallest absolute Gasteiger partial charge is 0.312 e. The molecular weight excluding hydrogens is 290 g/mol. The number of aliphatic carboxylic acids is 1. The monoisotopic (exact) mass is 305 g/mol. The number of benzene rings is 2. The molecule has 0 heterocycles. The van der Waals surface area contributed by atoms with Gasteiger partial charge in [-0.05, 0) is 23.8 Å². The van der Waals surface area contributed by atoms with Crippen LogP contribution >= 0.6 is 11.6 Å². The maximum Gasteiger partial charge on any atom is 0.312 e. The third-order valence-electron chi connectivity index (χ3n) is 3.16. The Bertz CT molecular complexity index is 616. The van der Waals surface area contributed by atoms with Gasteiger partial charge >= 0.3 is 5.97 Å². The Balaban J connectivity index is 2.16. The lowest BCUT2D eigenvalue weighted by molar-refractivity contribution is -0.138. The summed E-state index contributed by atoms with van der Waals surface area (Å²) in [6.45, 7) is 0.246. The largest absolute Gasteiger partial charge is 0.495 e. The second-order valence-corrected chi connectivity index (χ2v) is 4.96. The average Bonchev–Trinajstić information content (AvgIpc) is 2.48. The molecule has 0 bridgehead atoms. The van der Waals surface area contributed by atoms with Gasteiger partial charge in [-0.1, -0.05) is 41.9 Å². The van der Waals surface area contributed by atoms with E-state index in [-0.39, 0.29) is 6.54 Å². The first-order valence-corrected chi connectivity index (χ1v) is 6.84. The van der Waals surface area contributed by atoms with Gasteiger partial charge in [-0.15, -0.1) is 0 Å². The Morgan fingerprint density at radius 1 is 1.29 bits per heavy atom. The van der Waals surface area contributed by atoms with Gasteiger partial charge in [0.2, 0.25) is 0 Å². The van der Waals surface area contributed by atoms with Crippen LogP contribution in [0.1, 0.15) is 11.5 Å². The minimum atomic E-state index is -0.880. The lowest BCUT2D eigenvalue weighted by atomic mass is 9.99. The highest BCUT2D eigenvalue weighted by molar-refractivity contribution is 6.30. The van der Waals surface area contributed by atoms with Crippen LogP contribution in [0, 0.1) is 0 Å². The van der Waals surface area contributed by atoms with Crippen molar-refractivity contribution in [2.45, 2.75) is 5.92 Å². The van der Waals surface area contributed by atoms with E-state index in [2.05, 4.69) is 5.32 Å². The number of carbonyl (C=O) groups is 1. The summed E-state index contributed by atoms with van der Waals surface area (Å²) in [7, 11) is 1.56. The van der Waals surface area contributed by atoms with E-state index in [4.69, 9.17) is 16.3 Å². The molecule has 0 aliphatic rings. The summed E-state index contributed by atoms with van der Waals surface area (Å²) in [6, 6.07) is 14.3. The van der Waals surface area contributed by atoms with Gasteiger partial charge in [-0.3, -0.25) is 4.79 Å². The van der Waals surface area contributed by atoms with Crippen molar-refractivity contribution in [1.29, 1.82) is 0 Å². The van der Waals surface area contributed by atoms with Gasteiger partial charge < -0.3 is 15.2 Å². The summed E-state index contributed by atoms with van der Waals surface area (Å²) in [5.41, 5.74) is 1.42. The second-order valence-electron chi connectivity index (χ2n) is 4.53. The van der Waals surface area contributed by atoms with Crippen LogP contribution in [0.3, 0.4) is 0 Å². The fourth-order valence-electron chi connectivity index (χ4n) is 2.06. The van der Waals surface area contributed by atoms with Gasteiger partial charge in [-0.25, -0.2) is 0 Å². The molecule has 4 nitrogen and oxygen atoms in total. The van der Waals surface area contributed by atoms with E-state index in [1.165, 1.54) is 0 Å². The van der Waals surface area contributed by atoms with E-state index in [9.17, 15) is 9.90 Å². The normalized spacial score (nSPS) is 11.7. The first-order valence-electron chi connectivity index (χ1n) is 6.47. The van der Waals surface area contributed by atoms with Gasteiger partial charge in [0.15, 0.2) is 0 Å². The fourth-order valence-corrected chi connectivity index (χ4v) is 2.24. The highest BCUT2D eigenvalue weighted by atomic mass is 35.5. The standard InChI is InChI=1S/C16H16ClNO3/c1-21-15-8-7-12(17)9-14(15)18-10-13(16(19)20)11-5-3-2-4-6-11/h2-9,13,18H,10H2,1H3,(H,19,20). The number of hydrogen-bond donors (Lipinski definition) is 2. The summed E-state index contributed by atoms with van der Waals surface area (Å²) >= 11 is 5.96. The summed E-state index contributed by atoms with van der Waals surface area (Å²) in [5, 5.41) is 13.0.